The number of hydrogen-bond acceptors (Lipinski definition) is 3. The smallest absolute Gasteiger partial charge is 0.145 e. The Kier molecular flexibility index (Phi) is 3.86. The van der Waals surface area contributed by atoms with E-state index in [0.717, 1.165) is 4.90 Å². The Balaban J connectivity index is 2.07. The molecule has 0 saturated heterocycles. The molecule has 88 valence electrons. The van der Waals surface area contributed by atoms with Gasteiger partial charge in [-0.05, 0) is 23.8 Å². The molecule has 0 fully saturated rings. The Morgan fingerprint density at radius 1 is 1.29 bits per heavy atom. The van der Waals surface area contributed by atoms with Crippen LogP contribution >= 0.6 is 23.4 Å². The number of nitrogens with zero attached hydrogens (tertiary/aromatic N) is 1. The van der Waals surface area contributed by atoms with Gasteiger partial charge in [-0.25, -0.2) is 9.37 Å². The largest absolute Gasteiger partial charge is 0.384 e. The molecule has 0 aliphatic rings. The van der Waals surface area contributed by atoms with Crippen LogP contribution in [0.2, 0.25) is 5.02 Å². The van der Waals surface area contributed by atoms with Crippen molar-refractivity contribution >= 4 is 29.2 Å². The summed E-state index contributed by atoms with van der Waals surface area (Å²) in [7, 11) is 0. The summed E-state index contributed by atoms with van der Waals surface area (Å²) in [5.74, 6) is 0.631. The van der Waals surface area contributed by atoms with E-state index in [4.69, 9.17) is 17.3 Å². The van der Waals surface area contributed by atoms with Crippen LogP contribution in [-0.2, 0) is 5.75 Å². The number of rotatable bonds is 3. The zero-order valence-corrected chi connectivity index (χ0v) is 10.4. The van der Waals surface area contributed by atoms with Crippen molar-refractivity contribution in [1.82, 2.24) is 4.98 Å². The maximum absolute atomic E-state index is 13.6. The van der Waals surface area contributed by atoms with E-state index in [0.29, 0.717) is 17.1 Å². The number of anilines is 1. The van der Waals surface area contributed by atoms with E-state index >= 15 is 0 Å². The summed E-state index contributed by atoms with van der Waals surface area (Å²) in [6, 6.07) is 8.57. The standard InChI is InChI=1S/C12H10ClFN2S/c13-10-3-1-2-8(12(10)14)7-17-9-4-5-11(15)16-6-9/h1-6H,7H2,(H2,15,16). The van der Waals surface area contributed by atoms with Crippen LogP contribution in [0, 0.1) is 5.82 Å². The number of aromatic nitrogens is 1. The van der Waals surface area contributed by atoms with Gasteiger partial charge in [-0.15, -0.1) is 11.8 Å². The molecule has 17 heavy (non-hydrogen) atoms. The zero-order valence-electron chi connectivity index (χ0n) is 8.86. The first-order valence-electron chi connectivity index (χ1n) is 4.94. The molecule has 0 aliphatic carbocycles. The topological polar surface area (TPSA) is 38.9 Å². The SMILES string of the molecule is Nc1ccc(SCc2cccc(Cl)c2F)cn1. The third-order valence-electron chi connectivity index (χ3n) is 2.19. The molecule has 5 heteroatoms. The summed E-state index contributed by atoms with van der Waals surface area (Å²) in [6.07, 6.45) is 1.67. The molecule has 0 unspecified atom stereocenters. The molecule has 0 radical (unpaired) electrons. The lowest BCUT2D eigenvalue weighted by Gasteiger charge is -2.04. The predicted molar refractivity (Wildman–Crippen MR) is 69.6 cm³/mol. The van der Waals surface area contributed by atoms with Crippen molar-refractivity contribution in [3.05, 3.63) is 52.9 Å². The number of benzene rings is 1. The monoisotopic (exact) mass is 268 g/mol. The van der Waals surface area contributed by atoms with Gasteiger partial charge in [-0.1, -0.05) is 23.7 Å². The number of thioether (sulfide) groups is 1. The van der Waals surface area contributed by atoms with Crippen LogP contribution in [0.15, 0.2) is 41.4 Å². The van der Waals surface area contributed by atoms with Crippen molar-refractivity contribution < 1.29 is 4.39 Å². The van der Waals surface area contributed by atoms with E-state index in [-0.39, 0.29) is 10.8 Å². The van der Waals surface area contributed by atoms with Crippen molar-refractivity contribution in [2.24, 2.45) is 0 Å². The first-order valence-corrected chi connectivity index (χ1v) is 6.30. The van der Waals surface area contributed by atoms with Crippen molar-refractivity contribution in [2.45, 2.75) is 10.6 Å². The van der Waals surface area contributed by atoms with Gasteiger partial charge in [0.1, 0.15) is 11.6 Å². The normalized spacial score (nSPS) is 10.5. The Bertz CT molecular complexity index is 516. The fraction of sp³-hybridized carbons (Fsp3) is 0.0833. The number of halogens is 2. The number of pyridine rings is 1. The minimum atomic E-state index is -0.356. The second kappa shape index (κ2) is 5.38. The summed E-state index contributed by atoms with van der Waals surface area (Å²) in [6.45, 7) is 0. The highest BCUT2D eigenvalue weighted by molar-refractivity contribution is 7.98. The average molecular weight is 269 g/mol. The molecule has 2 nitrogen and oxygen atoms in total. The average Bonchev–Trinajstić information content (AvgIpc) is 2.33. The highest BCUT2D eigenvalue weighted by atomic mass is 35.5. The maximum atomic E-state index is 13.6. The van der Waals surface area contributed by atoms with E-state index < -0.39 is 0 Å². The minimum Gasteiger partial charge on any atom is -0.384 e. The third kappa shape index (κ3) is 3.11. The van der Waals surface area contributed by atoms with Crippen molar-refractivity contribution in [1.29, 1.82) is 0 Å². The summed E-state index contributed by atoms with van der Waals surface area (Å²) >= 11 is 7.19. The second-order valence-corrected chi connectivity index (χ2v) is 4.88. The van der Waals surface area contributed by atoms with Gasteiger partial charge in [0.15, 0.2) is 0 Å². The summed E-state index contributed by atoms with van der Waals surface area (Å²) in [4.78, 5) is 4.91. The summed E-state index contributed by atoms with van der Waals surface area (Å²) in [5.41, 5.74) is 6.06. The van der Waals surface area contributed by atoms with Crippen molar-refractivity contribution in [2.75, 3.05) is 5.73 Å². The highest BCUT2D eigenvalue weighted by Gasteiger charge is 2.06. The quantitative estimate of drug-likeness (QED) is 0.862. The van der Waals surface area contributed by atoms with E-state index in [1.165, 1.54) is 17.8 Å². The Hall–Kier alpha value is -1.26. The lowest BCUT2D eigenvalue weighted by Crippen LogP contribution is -1.90. The Morgan fingerprint density at radius 2 is 2.12 bits per heavy atom. The van der Waals surface area contributed by atoms with Crippen LogP contribution < -0.4 is 5.73 Å². The number of nitrogen functional groups attached to an aromatic ring is 1. The molecule has 1 aromatic heterocycles. The van der Waals surface area contributed by atoms with E-state index in [9.17, 15) is 4.39 Å². The van der Waals surface area contributed by atoms with Crippen LogP contribution in [0.3, 0.4) is 0 Å². The molecule has 0 amide bonds. The molecule has 0 saturated carbocycles. The molecule has 0 bridgehead atoms. The third-order valence-corrected chi connectivity index (χ3v) is 3.51. The molecule has 2 aromatic rings. The van der Waals surface area contributed by atoms with Crippen molar-refractivity contribution in [3.8, 4) is 0 Å². The lowest BCUT2D eigenvalue weighted by molar-refractivity contribution is 0.618. The van der Waals surface area contributed by atoms with Gasteiger partial charge in [-0.2, -0.15) is 0 Å². The van der Waals surface area contributed by atoms with E-state index in [1.54, 1.807) is 24.4 Å². The summed E-state index contributed by atoms with van der Waals surface area (Å²) < 4.78 is 13.6. The molecular formula is C12H10ClFN2S. The minimum absolute atomic E-state index is 0.151. The fourth-order valence-corrected chi connectivity index (χ4v) is 2.33. The molecule has 1 aromatic carbocycles. The van der Waals surface area contributed by atoms with Crippen LogP contribution in [0.5, 0.6) is 0 Å². The molecule has 2 N–H and O–H groups in total. The molecule has 0 atom stereocenters. The fourth-order valence-electron chi connectivity index (χ4n) is 1.30. The Labute approximate surface area is 108 Å². The number of nitrogens with two attached hydrogens (primary N) is 1. The van der Waals surface area contributed by atoms with Gasteiger partial charge in [0, 0.05) is 16.8 Å². The first kappa shape index (κ1) is 12.2. The van der Waals surface area contributed by atoms with Gasteiger partial charge in [0.05, 0.1) is 5.02 Å². The van der Waals surface area contributed by atoms with Crippen LogP contribution in [0.4, 0.5) is 10.2 Å². The second-order valence-electron chi connectivity index (χ2n) is 3.42. The van der Waals surface area contributed by atoms with Gasteiger partial charge in [0.2, 0.25) is 0 Å². The molecule has 0 aliphatic heterocycles. The van der Waals surface area contributed by atoms with Crippen LogP contribution in [-0.4, -0.2) is 4.98 Å². The molecular weight excluding hydrogens is 259 g/mol. The van der Waals surface area contributed by atoms with Gasteiger partial charge >= 0.3 is 0 Å². The van der Waals surface area contributed by atoms with Gasteiger partial charge < -0.3 is 5.73 Å². The Morgan fingerprint density at radius 3 is 2.82 bits per heavy atom. The highest BCUT2D eigenvalue weighted by Crippen LogP contribution is 2.26. The van der Waals surface area contributed by atoms with Gasteiger partial charge in [-0.3, -0.25) is 0 Å². The molecule has 1 heterocycles. The predicted octanol–water partition coefficient (Wildman–Crippen LogP) is 3.75. The van der Waals surface area contributed by atoms with Gasteiger partial charge in [0.25, 0.3) is 0 Å². The molecule has 2 rings (SSSR count). The summed E-state index contributed by atoms with van der Waals surface area (Å²) in [5, 5.41) is 0.151. The van der Waals surface area contributed by atoms with E-state index in [1.807, 2.05) is 6.07 Å². The lowest BCUT2D eigenvalue weighted by atomic mass is 10.2. The first-order chi connectivity index (χ1) is 8.16. The number of hydrogen-bond donors (Lipinski definition) is 1. The van der Waals surface area contributed by atoms with Crippen molar-refractivity contribution in [3.63, 3.8) is 0 Å². The zero-order chi connectivity index (χ0) is 12.3. The molecule has 0 spiro atoms. The van der Waals surface area contributed by atoms with E-state index in [2.05, 4.69) is 4.98 Å². The van der Waals surface area contributed by atoms with Crippen LogP contribution in [0.25, 0.3) is 0 Å². The maximum Gasteiger partial charge on any atom is 0.145 e. The van der Waals surface area contributed by atoms with Crippen LogP contribution in [0.1, 0.15) is 5.56 Å².